The Morgan fingerprint density at radius 1 is 1.08 bits per heavy atom. The van der Waals surface area contributed by atoms with Gasteiger partial charge in [-0.3, -0.25) is 14.9 Å². The van der Waals surface area contributed by atoms with Crippen LogP contribution in [0.3, 0.4) is 0 Å². The predicted molar refractivity (Wildman–Crippen MR) is 185 cm³/mol. The van der Waals surface area contributed by atoms with Crippen molar-refractivity contribution in [1.29, 1.82) is 5.26 Å². The van der Waals surface area contributed by atoms with Crippen molar-refractivity contribution in [1.82, 2.24) is 19.4 Å². The zero-order chi connectivity index (χ0) is 34.4. The number of halogens is 1. The number of nitriles is 1. The number of fused-ring (bicyclic) bond motifs is 1. The summed E-state index contributed by atoms with van der Waals surface area (Å²) >= 11 is 6.05. The van der Waals surface area contributed by atoms with Gasteiger partial charge in [0.25, 0.3) is 5.91 Å². The van der Waals surface area contributed by atoms with Gasteiger partial charge in [0.1, 0.15) is 13.0 Å². The van der Waals surface area contributed by atoms with E-state index in [0.717, 1.165) is 29.5 Å². The number of piperidine rings is 1. The van der Waals surface area contributed by atoms with Crippen LogP contribution in [0.4, 0.5) is 10.7 Å². The van der Waals surface area contributed by atoms with Crippen LogP contribution in [-0.2, 0) is 22.7 Å². The molecule has 1 aliphatic rings. The van der Waals surface area contributed by atoms with Crippen molar-refractivity contribution in [2.24, 2.45) is 5.41 Å². The van der Waals surface area contributed by atoms with E-state index in [4.69, 9.17) is 26.6 Å². The fourth-order valence-corrected chi connectivity index (χ4v) is 6.00. The van der Waals surface area contributed by atoms with Crippen molar-refractivity contribution in [3.63, 3.8) is 0 Å². The summed E-state index contributed by atoms with van der Waals surface area (Å²) in [7, 11) is 0. The fourth-order valence-electron chi connectivity index (χ4n) is 5.87. The monoisotopic (exact) mass is 668 g/mol. The van der Waals surface area contributed by atoms with E-state index in [1.807, 2.05) is 66.1 Å². The number of hydrogen-bond donors (Lipinski definition) is 1. The van der Waals surface area contributed by atoms with Gasteiger partial charge in [-0.1, -0.05) is 68.8 Å². The molecule has 1 aromatic heterocycles. The Balaban J connectivity index is 1.47. The first kappa shape index (κ1) is 34.5. The summed E-state index contributed by atoms with van der Waals surface area (Å²) in [6, 6.07) is 23.6. The molecule has 1 saturated heterocycles. The van der Waals surface area contributed by atoms with Crippen LogP contribution < -0.4 is 5.32 Å². The van der Waals surface area contributed by atoms with Gasteiger partial charge in [0.2, 0.25) is 11.9 Å². The zero-order valence-electron chi connectivity index (χ0n) is 27.8. The topological polar surface area (TPSA) is 121 Å². The number of hydrogen-bond acceptors (Lipinski definition) is 6. The Morgan fingerprint density at radius 3 is 2.50 bits per heavy atom. The Labute approximate surface area is 286 Å². The summed E-state index contributed by atoms with van der Waals surface area (Å²) in [5, 5.41) is 12.6. The molecule has 1 unspecified atom stereocenters. The van der Waals surface area contributed by atoms with Crippen molar-refractivity contribution >= 4 is 46.5 Å². The number of carbonyl (C=O) groups is 3. The molecule has 5 rings (SSSR count). The lowest BCUT2D eigenvalue weighted by molar-refractivity contribution is -0.131. The molecule has 3 amide bonds. The molecular weight excluding hydrogens is 628 g/mol. The standard InChI is InChI=1S/C37H41ClN6O4/c1-25(37(2,3)4)43(36(47)48-24-26-9-6-5-7-10-26)22-27-12-17-32-31(21-27)40-35(41-34(46)28-13-15-29(38)16-14-28)44(32)30-11-8-20-42(23-30)33(45)18-19-39/h5-7,9-10,12-17,21,25,30H,8,11,18,20,22-24H2,1-4H3,(H,40,41,46)/t25-,30?/m0/s1. The number of amides is 3. The van der Waals surface area contributed by atoms with Gasteiger partial charge < -0.3 is 19.1 Å². The highest BCUT2D eigenvalue weighted by molar-refractivity contribution is 6.30. The number of aromatic nitrogens is 2. The van der Waals surface area contributed by atoms with Crippen LogP contribution in [-0.4, -0.2) is 56.4 Å². The summed E-state index contributed by atoms with van der Waals surface area (Å²) < 4.78 is 7.74. The second kappa shape index (κ2) is 14.9. The van der Waals surface area contributed by atoms with E-state index in [9.17, 15) is 14.4 Å². The van der Waals surface area contributed by atoms with Crippen LogP contribution in [0.5, 0.6) is 0 Å². The maximum Gasteiger partial charge on any atom is 0.410 e. The van der Waals surface area contributed by atoms with Crippen molar-refractivity contribution in [3.05, 3.63) is 94.5 Å². The third kappa shape index (κ3) is 8.15. The molecule has 10 nitrogen and oxygen atoms in total. The molecule has 0 bridgehead atoms. The van der Waals surface area contributed by atoms with E-state index in [-0.39, 0.29) is 42.3 Å². The third-order valence-corrected chi connectivity index (χ3v) is 9.20. The normalized spacial score (nSPS) is 15.4. The number of ether oxygens (including phenoxy) is 1. The summed E-state index contributed by atoms with van der Waals surface area (Å²) in [5.41, 5.74) is 3.39. The molecule has 1 fully saturated rings. The molecule has 0 saturated carbocycles. The molecule has 1 aliphatic heterocycles. The van der Waals surface area contributed by atoms with Gasteiger partial charge in [-0.05, 0) is 72.7 Å². The average molecular weight is 669 g/mol. The minimum absolute atomic E-state index is 0.151. The van der Waals surface area contributed by atoms with Gasteiger partial charge in [0.05, 0.1) is 23.1 Å². The Hall–Kier alpha value is -4.88. The highest BCUT2D eigenvalue weighted by atomic mass is 35.5. The molecule has 48 heavy (non-hydrogen) atoms. The molecule has 2 heterocycles. The summed E-state index contributed by atoms with van der Waals surface area (Å²) in [4.78, 5) is 47.9. The van der Waals surface area contributed by atoms with E-state index < -0.39 is 6.09 Å². The Kier molecular flexibility index (Phi) is 10.7. The van der Waals surface area contributed by atoms with Crippen molar-refractivity contribution in [3.8, 4) is 6.07 Å². The smallest absolute Gasteiger partial charge is 0.410 e. The van der Waals surface area contributed by atoms with Crippen LogP contribution in [0.25, 0.3) is 11.0 Å². The first-order valence-corrected chi connectivity index (χ1v) is 16.5. The third-order valence-electron chi connectivity index (χ3n) is 8.94. The van der Waals surface area contributed by atoms with E-state index >= 15 is 0 Å². The largest absolute Gasteiger partial charge is 0.445 e. The molecular formula is C37H41ClN6O4. The maximum atomic E-state index is 13.5. The fraction of sp³-hybridized carbons (Fsp3) is 0.378. The van der Waals surface area contributed by atoms with Gasteiger partial charge in [-0.2, -0.15) is 5.26 Å². The Morgan fingerprint density at radius 2 is 1.81 bits per heavy atom. The molecule has 0 spiro atoms. The molecule has 3 aromatic carbocycles. The van der Waals surface area contributed by atoms with E-state index in [1.54, 1.807) is 34.1 Å². The van der Waals surface area contributed by atoms with E-state index in [0.29, 0.717) is 41.7 Å². The molecule has 0 aliphatic carbocycles. The average Bonchev–Trinajstić information content (AvgIpc) is 3.43. The molecule has 4 aromatic rings. The van der Waals surface area contributed by atoms with Crippen LogP contribution in [0, 0.1) is 16.7 Å². The number of carbonyl (C=O) groups excluding carboxylic acids is 3. The SMILES string of the molecule is C[C@H](N(Cc1ccc2c(c1)nc(NC(=O)c1ccc(Cl)cc1)n2C1CCCN(C(=O)CC#N)C1)C(=O)OCc1ccccc1)C(C)(C)C. The lowest BCUT2D eigenvalue weighted by atomic mass is 9.87. The molecule has 11 heteroatoms. The lowest BCUT2D eigenvalue weighted by Gasteiger charge is -2.37. The minimum Gasteiger partial charge on any atom is -0.445 e. The van der Waals surface area contributed by atoms with Gasteiger partial charge in [0.15, 0.2) is 0 Å². The second-order valence-electron chi connectivity index (χ2n) is 13.3. The van der Waals surface area contributed by atoms with Gasteiger partial charge in [-0.25, -0.2) is 9.78 Å². The summed E-state index contributed by atoms with van der Waals surface area (Å²) in [6.07, 6.45) is 0.914. The first-order chi connectivity index (χ1) is 22.9. The van der Waals surface area contributed by atoms with Crippen LogP contribution in [0.2, 0.25) is 5.02 Å². The number of rotatable bonds is 9. The van der Waals surface area contributed by atoms with Gasteiger partial charge in [-0.15, -0.1) is 0 Å². The number of nitrogens with one attached hydrogen (secondary N) is 1. The second-order valence-corrected chi connectivity index (χ2v) is 13.7. The molecule has 1 N–H and O–H groups in total. The first-order valence-electron chi connectivity index (χ1n) is 16.1. The Bertz CT molecular complexity index is 1810. The molecule has 250 valence electrons. The number of anilines is 1. The summed E-state index contributed by atoms with van der Waals surface area (Å²) in [6.45, 7) is 9.71. The van der Waals surface area contributed by atoms with E-state index in [2.05, 4.69) is 26.1 Å². The van der Waals surface area contributed by atoms with Crippen LogP contribution in [0.15, 0.2) is 72.8 Å². The van der Waals surface area contributed by atoms with Crippen LogP contribution in [0.1, 0.15) is 74.5 Å². The van der Waals surface area contributed by atoms with Crippen LogP contribution >= 0.6 is 11.6 Å². The highest BCUT2D eigenvalue weighted by Gasteiger charge is 2.32. The molecule has 2 atom stereocenters. The number of likely N-dealkylation sites (tertiary alicyclic amines) is 1. The minimum atomic E-state index is -0.410. The van der Waals surface area contributed by atoms with Gasteiger partial charge in [0, 0.05) is 36.3 Å². The van der Waals surface area contributed by atoms with E-state index in [1.165, 1.54) is 0 Å². The number of nitrogens with zero attached hydrogens (tertiary/aromatic N) is 5. The summed E-state index contributed by atoms with van der Waals surface area (Å²) in [5.74, 6) is -0.209. The highest BCUT2D eigenvalue weighted by Crippen LogP contribution is 2.33. The quantitative estimate of drug-likeness (QED) is 0.196. The molecule has 0 radical (unpaired) electrons. The van der Waals surface area contributed by atoms with Crippen molar-refractivity contribution in [2.45, 2.75) is 72.2 Å². The van der Waals surface area contributed by atoms with Gasteiger partial charge >= 0.3 is 6.09 Å². The number of benzene rings is 3. The lowest BCUT2D eigenvalue weighted by Crippen LogP contribution is -2.45. The zero-order valence-corrected chi connectivity index (χ0v) is 28.5. The predicted octanol–water partition coefficient (Wildman–Crippen LogP) is 7.59. The van der Waals surface area contributed by atoms with Crippen molar-refractivity contribution in [2.75, 3.05) is 18.4 Å². The maximum absolute atomic E-state index is 13.5. The van der Waals surface area contributed by atoms with Crippen molar-refractivity contribution < 1.29 is 19.1 Å². The number of imidazole rings is 1.